The molecule has 25 heavy (non-hydrogen) atoms. The Morgan fingerprint density at radius 1 is 1.36 bits per heavy atom. The summed E-state index contributed by atoms with van der Waals surface area (Å²) in [6, 6.07) is 1.90. The minimum atomic E-state index is -0.342. The van der Waals surface area contributed by atoms with E-state index in [1.807, 2.05) is 6.07 Å². The zero-order valence-corrected chi connectivity index (χ0v) is 14.3. The Bertz CT molecular complexity index is 840. The van der Waals surface area contributed by atoms with E-state index in [1.54, 1.807) is 4.90 Å². The predicted molar refractivity (Wildman–Crippen MR) is 91.0 cm³/mol. The Balaban J connectivity index is 1.74. The molecule has 2 aromatic rings. The van der Waals surface area contributed by atoms with E-state index < -0.39 is 0 Å². The molecule has 0 bridgehead atoms. The quantitative estimate of drug-likeness (QED) is 0.895. The number of aryl methyl sites for hydroxylation is 1. The van der Waals surface area contributed by atoms with E-state index in [1.165, 1.54) is 0 Å². The molecular formula is C18H22N4O3. The summed E-state index contributed by atoms with van der Waals surface area (Å²) in [7, 11) is 0. The Morgan fingerprint density at radius 3 is 2.80 bits per heavy atom. The van der Waals surface area contributed by atoms with Gasteiger partial charge >= 0.3 is 0 Å². The number of likely N-dealkylation sites (tertiary alicyclic amines) is 1. The monoisotopic (exact) mass is 342 g/mol. The molecule has 1 saturated carbocycles. The van der Waals surface area contributed by atoms with Gasteiger partial charge in [-0.15, -0.1) is 0 Å². The molecule has 0 radical (unpaired) electrons. The lowest BCUT2D eigenvalue weighted by molar-refractivity contribution is -0.121. The molecule has 132 valence electrons. The highest BCUT2D eigenvalue weighted by molar-refractivity contribution is 6.06. The van der Waals surface area contributed by atoms with Crippen LogP contribution >= 0.6 is 0 Å². The van der Waals surface area contributed by atoms with Crippen LogP contribution in [-0.2, 0) is 11.2 Å². The van der Waals surface area contributed by atoms with E-state index in [2.05, 4.69) is 17.1 Å². The number of hydrogen-bond acceptors (Lipinski definition) is 5. The van der Waals surface area contributed by atoms with Crippen molar-refractivity contribution < 1.29 is 14.1 Å². The van der Waals surface area contributed by atoms with Crippen molar-refractivity contribution in [2.75, 3.05) is 13.1 Å². The van der Waals surface area contributed by atoms with Crippen molar-refractivity contribution in [3.8, 4) is 0 Å². The van der Waals surface area contributed by atoms with Gasteiger partial charge in [0, 0.05) is 24.7 Å². The predicted octanol–water partition coefficient (Wildman–Crippen LogP) is 2.00. The Morgan fingerprint density at radius 2 is 2.16 bits per heavy atom. The number of carbonyl (C=O) groups is 2. The SMILES string of the molecule is CCCc1noc2nc(C3CC3)cc(C(=O)N3CC[C@@H](C(N)=O)C3)c12. The van der Waals surface area contributed by atoms with Crippen LogP contribution in [0.15, 0.2) is 10.6 Å². The van der Waals surface area contributed by atoms with Gasteiger partial charge in [-0.3, -0.25) is 9.59 Å². The average molecular weight is 342 g/mol. The number of aromatic nitrogens is 2. The fourth-order valence-corrected chi connectivity index (χ4v) is 3.54. The van der Waals surface area contributed by atoms with Gasteiger partial charge in [0.15, 0.2) is 0 Å². The molecular weight excluding hydrogens is 320 g/mol. The van der Waals surface area contributed by atoms with Crippen LogP contribution in [0.1, 0.15) is 60.3 Å². The van der Waals surface area contributed by atoms with E-state index in [9.17, 15) is 9.59 Å². The normalized spacial score (nSPS) is 20.4. The highest BCUT2D eigenvalue weighted by Crippen LogP contribution is 2.41. The summed E-state index contributed by atoms with van der Waals surface area (Å²) in [6.07, 6.45) is 4.45. The minimum Gasteiger partial charge on any atom is -0.369 e. The second-order valence-corrected chi connectivity index (χ2v) is 7.07. The van der Waals surface area contributed by atoms with E-state index in [0.717, 1.165) is 42.5 Å². The van der Waals surface area contributed by atoms with E-state index in [-0.39, 0.29) is 17.7 Å². The summed E-state index contributed by atoms with van der Waals surface area (Å²) < 4.78 is 5.43. The molecule has 3 heterocycles. The van der Waals surface area contributed by atoms with Crippen LogP contribution in [-0.4, -0.2) is 39.9 Å². The highest BCUT2D eigenvalue weighted by Gasteiger charge is 2.34. The van der Waals surface area contributed by atoms with E-state index >= 15 is 0 Å². The lowest BCUT2D eigenvalue weighted by Gasteiger charge is -2.17. The number of rotatable bonds is 5. The van der Waals surface area contributed by atoms with Crippen molar-refractivity contribution in [1.82, 2.24) is 15.0 Å². The summed E-state index contributed by atoms with van der Waals surface area (Å²) in [5.74, 6) is -0.279. The van der Waals surface area contributed by atoms with Gasteiger partial charge in [-0.25, -0.2) is 4.98 Å². The maximum absolute atomic E-state index is 13.2. The molecule has 0 spiro atoms. The van der Waals surface area contributed by atoms with Gasteiger partial charge in [-0.05, 0) is 31.7 Å². The van der Waals surface area contributed by atoms with Gasteiger partial charge in [-0.1, -0.05) is 18.5 Å². The molecule has 1 saturated heterocycles. The molecule has 1 aliphatic heterocycles. The van der Waals surface area contributed by atoms with Crippen LogP contribution in [0.3, 0.4) is 0 Å². The maximum Gasteiger partial charge on any atom is 0.259 e. The van der Waals surface area contributed by atoms with Crippen LogP contribution < -0.4 is 5.73 Å². The summed E-state index contributed by atoms with van der Waals surface area (Å²) >= 11 is 0. The van der Waals surface area contributed by atoms with Crippen LogP contribution in [0.2, 0.25) is 0 Å². The van der Waals surface area contributed by atoms with Crippen LogP contribution in [0.4, 0.5) is 0 Å². The van der Waals surface area contributed by atoms with Crippen LogP contribution in [0, 0.1) is 5.92 Å². The zero-order valence-electron chi connectivity index (χ0n) is 14.3. The van der Waals surface area contributed by atoms with Gasteiger partial charge in [-0.2, -0.15) is 0 Å². The second-order valence-electron chi connectivity index (χ2n) is 7.07. The first kappa shape index (κ1) is 16.1. The van der Waals surface area contributed by atoms with Gasteiger partial charge in [0.25, 0.3) is 11.6 Å². The third kappa shape index (κ3) is 2.88. The van der Waals surface area contributed by atoms with E-state index in [0.29, 0.717) is 36.7 Å². The Kier molecular flexibility index (Phi) is 3.94. The first-order valence-electron chi connectivity index (χ1n) is 8.96. The number of pyridine rings is 1. The average Bonchev–Trinajstić information content (AvgIpc) is 3.19. The molecule has 0 unspecified atom stereocenters. The third-order valence-electron chi connectivity index (χ3n) is 5.13. The molecule has 2 aliphatic rings. The number of fused-ring (bicyclic) bond motifs is 1. The Labute approximate surface area is 145 Å². The van der Waals surface area contributed by atoms with Crippen molar-refractivity contribution in [2.24, 2.45) is 11.7 Å². The number of carbonyl (C=O) groups excluding carboxylic acids is 2. The van der Waals surface area contributed by atoms with Crippen molar-refractivity contribution in [3.05, 3.63) is 23.0 Å². The smallest absolute Gasteiger partial charge is 0.259 e. The van der Waals surface area contributed by atoms with Gasteiger partial charge in [0.05, 0.1) is 22.6 Å². The molecule has 2 amide bonds. The maximum atomic E-state index is 13.2. The van der Waals surface area contributed by atoms with E-state index in [4.69, 9.17) is 10.3 Å². The topological polar surface area (TPSA) is 102 Å². The van der Waals surface area contributed by atoms with Crippen molar-refractivity contribution in [1.29, 1.82) is 0 Å². The van der Waals surface area contributed by atoms with Crippen LogP contribution in [0.25, 0.3) is 11.1 Å². The lowest BCUT2D eigenvalue weighted by atomic mass is 10.0. The van der Waals surface area contributed by atoms with Crippen molar-refractivity contribution >= 4 is 22.9 Å². The van der Waals surface area contributed by atoms with Crippen molar-refractivity contribution in [2.45, 2.75) is 44.9 Å². The number of amides is 2. The third-order valence-corrected chi connectivity index (χ3v) is 5.13. The molecule has 2 N–H and O–H groups in total. The molecule has 7 heteroatoms. The lowest BCUT2D eigenvalue weighted by Crippen LogP contribution is -2.32. The molecule has 0 aromatic carbocycles. The number of nitrogens with two attached hydrogens (primary N) is 1. The largest absolute Gasteiger partial charge is 0.369 e. The summed E-state index contributed by atoms with van der Waals surface area (Å²) in [5.41, 5.74) is 8.12. The van der Waals surface area contributed by atoms with Gasteiger partial charge in [0.2, 0.25) is 5.91 Å². The first-order chi connectivity index (χ1) is 12.1. The summed E-state index contributed by atoms with van der Waals surface area (Å²) in [5, 5.41) is 4.86. The standard InChI is InChI=1S/C18H22N4O3/c1-2-3-13-15-12(18(24)22-7-6-11(9-22)16(19)23)8-14(10-4-5-10)20-17(15)25-21-13/h8,10-11H,2-7,9H2,1H3,(H2,19,23)/t11-/m1/s1. The molecule has 1 atom stereocenters. The van der Waals surface area contributed by atoms with Gasteiger partial charge in [0.1, 0.15) is 0 Å². The minimum absolute atomic E-state index is 0.0846. The van der Waals surface area contributed by atoms with Crippen molar-refractivity contribution in [3.63, 3.8) is 0 Å². The van der Waals surface area contributed by atoms with Gasteiger partial charge < -0.3 is 15.2 Å². The number of nitrogens with zero attached hydrogens (tertiary/aromatic N) is 3. The second kappa shape index (κ2) is 6.13. The highest BCUT2D eigenvalue weighted by atomic mass is 16.5. The molecule has 2 aromatic heterocycles. The molecule has 4 rings (SSSR count). The fourth-order valence-electron chi connectivity index (χ4n) is 3.54. The number of hydrogen-bond donors (Lipinski definition) is 1. The first-order valence-corrected chi connectivity index (χ1v) is 8.96. The Hall–Kier alpha value is -2.44. The molecule has 1 aliphatic carbocycles. The molecule has 7 nitrogen and oxygen atoms in total. The summed E-state index contributed by atoms with van der Waals surface area (Å²) in [4.78, 5) is 30.9. The number of primary amides is 1. The molecule has 2 fully saturated rings. The fraction of sp³-hybridized carbons (Fsp3) is 0.556. The van der Waals surface area contributed by atoms with Crippen LogP contribution in [0.5, 0.6) is 0 Å². The zero-order chi connectivity index (χ0) is 17.6. The summed E-state index contributed by atoms with van der Waals surface area (Å²) in [6.45, 7) is 2.99.